The monoisotopic (exact) mass is 388 g/mol. The molecule has 1 unspecified atom stereocenters. The van der Waals surface area contributed by atoms with Crippen LogP contribution in [-0.4, -0.2) is 18.4 Å². The van der Waals surface area contributed by atoms with Crippen LogP contribution in [0.3, 0.4) is 0 Å². The first-order chi connectivity index (χ1) is 11.4. The van der Waals surface area contributed by atoms with Crippen molar-refractivity contribution in [3.63, 3.8) is 0 Å². The van der Waals surface area contributed by atoms with Gasteiger partial charge in [0, 0.05) is 11.4 Å². The number of benzene rings is 2. The van der Waals surface area contributed by atoms with E-state index in [2.05, 4.69) is 21.2 Å². The maximum absolute atomic E-state index is 12.4. The van der Waals surface area contributed by atoms with Crippen LogP contribution in [0, 0.1) is 6.92 Å². The lowest BCUT2D eigenvalue weighted by molar-refractivity contribution is -0.123. The van der Waals surface area contributed by atoms with Gasteiger partial charge in [0.2, 0.25) is 11.8 Å². The van der Waals surface area contributed by atoms with Gasteiger partial charge in [0.15, 0.2) is 0 Å². The second kappa shape index (κ2) is 8.11. The molecule has 4 nitrogen and oxygen atoms in total. The zero-order valence-corrected chi connectivity index (χ0v) is 15.6. The van der Waals surface area contributed by atoms with Gasteiger partial charge in [0.25, 0.3) is 0 Å². The second-order valence-electron chi connectivity index (χ2n) is 5.76. The fraction of sp³-hybridized carbons (Fsp3) is 0.263. The van der Waals surface area contributed by atoms with Crippen molar-refractivity contribution in [1.29, 1.82) is 0 Å². The number of rotatable bonds is 5. The third-order valence-electron chi connectivity index (χ3n) is 3.75. The molecule has 0 spiro atoms. The van der Waals surface area contributed by atoms with Gasteiger partial charge in [-0.3, -0.25) is 9.59 Å². The molecule has 2 aromatic carbocycles. The molecule has 2 amide bonds. The molecule has 0 radical (unpaired) electrons. The van der Waals surface area contributed by atoms with E-state index in [0.29, 0.717) is 5.69 Å². The Balaban J connectivity index is 2.10. The molecule has 0 bridgehead atoms. The number of carbonyl (C=O) groups is 2. The predicted molar refractivity (Wildman–Crippen MR) is 99.9 cm³/mol. The second-order valence-corrected chi connectivity index (χ2v) is 6.61. The number of hydrogen-bond acceptors (Lipinski definition) is 2. The maximum Gasteiger partial charge on any atom is 0.240 e. The summed E-state index contributed by atoms with van der Waals surface area (Å²) in [6, 6.07) is 15.3. The van der Waals surface area contributed by atoms with Crippen molar-refractivity contribution in [2.45, 2.75) is 26.8 Å². The van der Waals surface area contributed by atoms with Crippen LogP contribution >= 0.6 is 15.9 Å². The summed E-state index contributed by atoms with van der Waals surface area (Å²) < 4.78 is 0.793. The molecule has 0 saturated carbocycles. The Morgan fingerprint density at radius 2 is 1.83 bits per heavy atom. The first kappa shape index (κ1) is 18.2. The Kier molecular flexibility index (Phi) is 6.15. The van der Waals surface area contributed by atoms with Gasteiger partial charge >= 0.3 is 0 Å². The molecule has 0 heterocycles. The quantitative estimate of drug-likeness (QED) is 0.841. The summed E-state index contributed by atoms with van der Waals surface area (Å²) >= 11 is 3.47. The minimum absolute atomic E-state index is 0.0197. The topological polar surface area (TPSA) is 49.4 Å². The van der Waals surface area contributed by atoms with Crippen molar-refractivity contribution in [2.24, 2.45) is 0 Å². The van der Waals surface area contributed by atoms with E-state index in [4.69, 9.17) is 0 Å². The van der Waals surface area contributed by atoms with Crippen molar-refractivity contribution in [2.75, 3.05) is 11.4 Å². The fourth-order valence-corrected chi connectivity index (χ4v) is 3.16. The first-order valence-electron chi connectivity index (χ1n) is 7.77. The Morgan fingerprint density at radius 3 is 2.42 bits per heavy atom. The van der Waals surface area contributed by atoms with Gasteiger partial charge in [-0.05, 0) is 53.0 Å². The highest BCUT2D eigenvalue weighted by molar-refractivity contribution is 9.10. The van der Waals surface area contributed by atoms with Gasteiger partial charge in [-0.15, -0.1) is 0 Å². The van der Waals surface area contributed by atoms with Crippen molar-refractivity contribution < 1.29 is 9.59 Å². The van der Waals surface area contributed by atoms with Crippen LogP contribution in [0.4, 0.5) is 5.69 Å². The number of carbonyl (C=O) groups excluding carboxylic acids is 2. The van der Waals surface area contributed by atoms with Crippen molar-refractivity contribution in [3.05, 3.63) is 64.1 Å². The summed E-state index contributed by atoms with van der Waals surface area (Å²) in [4.78, 5) is 25.8. The third-order valence-corrected chi connectivity index (χ3v) is 4.39. The van der Waals surface area contributed by atoms with Gasteiger partial charge in [-0.2, -0.15) is 0 Å². The van der Waals surface area contributed by atoms with Gasteiger partial charge in [-0.1, -0.05) is 36.4 Å². The molecule has 126 valence electrons. The Bertz CT molecular complexity index is 731. The first-order valence-corrected chi connectivity index (χ1v) is 8.56. The largest absolute Gasteiger partial charge is 0.348 e. The van der Waals surface area contributed by atoms with Crippen molar-refractivity contribution in [3.8, 4) is 0 Å². The zero-order valence-electron chi connectivity index (χ0n) is 14.0. The molecule has 0 saturated heterocycles. The normalized spacial score (nSPS) is 11.7. The number of hydrogen-bond donors (Lipinski definition) is 1. The van der Waals surface area contributed by atoms with Gasteiger partial charge in [0.1, 0.15) is 6.54 Å². The van der Waals surface area contributed by atoms with Crippen LogP contribution in [0.5, 0.6) is 0 Å². The fourth-order valence-electron chi connectivity index (χ4n) is 2.45. The summed E-state index contributed by atoms with van der Waals surface area (Å²) in [5, 5.41) is 2.93. The molecule has 0 fully saturated rings. The van der Waals surface area contributed by atoms with E-state index in [0.717, 1.165) is 15.6 Å². The molecule has 2 aromatic rings. The SMILES string of the molecule is CC(=O)N(CC(=O)NC(C)c1ccccc1)c1ccc(C)cc1Br. The molecule has 2 rings (SSSR count). The zero-order chi connectivity index (χ0) is 17.7. The number of halogens is 1. The Morgan fingerprint density at radius 1 is 1.17 bits per heavy atom. The lowest BCUT2D eigenvalue weighted by Gasteiger charge is -2.23. The molecule has 1 N–H and O–H groups in total. The van der Waals surface area contributed by atoms with Crippen molar-refractivity contribution in [1.82, 2.24) is 5.32 Å². The highest BCUT2D eigenvalue weighted by Crippen LogP contribution is 2.27. The maximum atomic E-state index is 12.4. The smallest absolute Gasteiger partial charge is 0.240 e. The van der Waals surface area contributed by atoms with Crippen LogP contribution in [0.1, 0.15) is 31.0 Å². The minimum atomic E-state index is -0.200. The van der Waals surface area contributed by atoms with Crippen LogP contribution in [0.15, 0.2) is 53.0 Å². The van der Waals surface area contributed by atoms with Gasteiger partial charge in [-0.25, -0.2) is 0 Å². The molecular formula is C19H21BrN2O2. The molecule has 0 aliphatic rings. The Hall–Kier alpha value is -2.14. The van der Waals surface area contributed by atoms with Gasteiger partial charge < -0.3 is 10.2 Å². The van der Waals surface area contributed by atoms with E-state index >= 15 is 0 Å². The molecule has 0 aromatic heterocycles. The van der Waals surface area contributed by atoms with E-state index in [-0.39, 0.29) is 24.4 Å². The average molecular weight is 389 g/mol. The van der Waals surface area contributed by atoms with Crippen LogP contribution < -0.4 is 10.2 Å². The van der Waals surface area contributed by atoms with E-state index in [9.17, 15) is 9.59 Å². The third kappa shape index (κ3) is 4.68. The minimum Gasteiger partial charge on any atom is -0.348 e. The lowest BCUT2D eigenvalue weighted by Crippen LogP contribution is -2.40. The van der Waals surface area contributed by atoms with E-state index < -0.39 is 0 Å². The van der Waals surface area contributed by atoms with E-state index in [1.54, 1.807) is 0 Å². The summed E-state index contributed by atoms with van der Waals surface area (Å²) in [5.41, 5.74) is 2.80. The number of amides is 2. The predicted octanol–water partition coefficient (Wildman–Crippen LogP) is 3.99. The Labute approximate surface area is 151 Å². The number of aryl methyl sites for hydroxylation is 1. The summed E-state index contributed by atoms with van der Waals surface area (Å²) in [6.45, 7) is 5.34. The average Bonchev–Trinajstić information content (AvgIpc) is 2.54. The van der Waals surface area contributed by atoms with E-state index in [1.807, 2.05) is 62.4 Å². The van der Waals surface area contributed by atoms with E-state index in [1.165, 1.54) is 11.8 Å². The standard InChI is InChI=1S/C19H21BrN2O2/c1-13-9-10-18(17(20)11-13)22(15(3)23)12-19(24)21-14(2)16-7-5-4-6-8-16/h4-11,14H,12H2,1-3H3,(H,21,24). The lowest BCUT2D eigenvalue weighted by atomic mass is 10.1. The molecular weight excluding hydrogens is 368 g/mol. The number of nitrogens with zero attached hydrogens (tertiary/aromatic N) is 1. The highest BCUT2D eigenvalue weighted by atomic mass is 79.9. The van der Waals surface area contributed by atoms with Crippen LogP contribution in [0.2, 0.25) is 0 Å². The highest BCUT2D eigenvalue weighted by Gasteiger charge is 2.19. The molecule has 0 aliphatic heterocycles. The summed E-state index contributed by atoms with van der Waals surface area (Å²) in [6.07, 6.45) is 0. The van der Waals surface area contributed by atoms with Crippen LogP contribution in [-0.2, 0) is 9.59 Å². The number of nitrogens with one attached hydrogen (secondary N) is 1. The molecule has 24 heavy (non-hydrogen) atoms. The van der Waals surface area contributed by atoms with Gasteiger partial charge in [0.05, 0.1) is 11.7 Å². The number of anilines is 1. The molecule has 5 heteroatoms. The van der Waals surface area contributed by atoms with Crippen molar-refractivity contribution >= 4 is 33.4 Å². The molecule has 0 aliphatic carbocycles. The summed E-state index contributed by atoms with van der Waals surface area (Å²) in [5.74, 6) is -0.379. The summed E-state index contributed by atoms with van der Waals surface area (Å²) in [7, 11) is 0. The van der Waals surface area contributed by atoms with Crippen LogP contribution in [0.25, 0.3) is 0 Å². The molecule has 1 atom stereocenters.